The summed E-state index contributed by atoms with van der Waals surface area (Å²) in [5, 5.41) is 3.31. The number of halogens is 1. The molecule has 94 valence electrons. The Morgan fingerprint density at radius 1 is 1.11 bits per heavy atom. The first-order chi connectivity index (χ1) is 8.75. The average Bonchev–Trinajstić information content (AvgIpc) is 2.40. The van der Waals surface area contributed by atoms with E-state index in [9.17, 15) is 0 Å². The van der Waals surface area contributed by atoms with Gasteiger partial charge in [0.15, 0.2) is 0 Å². The zero-order valence-corrected chi connectivity index (χ0v) is 11.9. The van der Waals surface area contributed by atoms with Crippen molar-refractivity contribution in [2.75, 3.05) is 18.5 Å². The van der Waals surface area contributed by atoms with Gasteiger partial charge in [0.1, 0.15) is 12.4 Å². The van der Waals surface area contributed by atoms with E-state index in [1.807, 2.05) is 55.5 Å². The van der Waals surface area contributed by atoms with Crippen LogP contribution in [-0.2, 0) is 0 Å². The molecule has 0 saturated carbocycles. The van der Waals surface area contributed by atoms with Crippen LogP contribution in [0.15, 0.2) is 53.0 Å². The Balaban J connectivity index is 1.80. The molecule has 0 aliphatic carbocycles. The van der Waals surface area contributed by atoms with E-state index in [1.54, 1.807) is 0 Å². The van der Waals surface area contributed by atoms with Gasteiger partial charge < -0.3 is 10.1 Å². The van der Waals surface area contributed by atoms with Crippen molar-refractivity contribution >= 4 is 21.6 Å². The molecule has 2 nitrogen and oxygen atoms in total. The standard InChI is InChI=1S/C15H16BrNO/c1-12-7-8-13(16)11-15(12)18-10-9-17-14-5-3-2-4-6-14/h2-8,11,17H,9-10H2,1H3. The Hall–Kier alpha value is -1.48. The molecule has 3 heteroatoms. The topological polar surface area (TPSA) is 21.3 Å². The molecule has 0 spiro atoms. The minimum atomic E-state index is 0.645. The van der Waals surface area contributed by atoms with Crippen molar-refractivity contribution in [3.05, 3.63) is 58.6 Å². The molecule has 0 fully saturated rings. The minimum absolute atomic E-state index is 0.645. The van der Waals surface area contributed by atoms with Crippen molar-refractivity contribution in [3.8, 4) is 5.75 Å². The van der Waals surface area contributed by atoms with Crippen molar-refractivity contribution in [2.24, 2.45) is 0 Å². The molecule has 0 aliphatic heterocycles. The molecule has 0 aliphatic rings. The Bertz CT molecular complexity index is 499. The maximum Gasteiger partial charge on any atom is 0.123 e. The zero-order chi connectivity index (χ0) is 12.8. The van der Waals surface area contributed by atoms with Gasteiger partial charge in [-0.2, -0.15) is 0 Å². The maximum atomic E-state index is 5.75. The van der Waals surface area contributed by atoms with E-state index in [4.69, 9.17) is 4.74 Å². The van der Waals surface area contributed by atoms with Gasteiger partial charge in [0.25, 0.3) is 0 Å². The first-order valence-corrected chi connectivity index (χ1v) is 6.73. The summed E-state index contributed by atoms with van der Waals surface area (Å²) < 4.78 is 6.79. The molecule has 0 bridgehead atoms. The molecule has 0 heterocycles. The quantitative estimate of drug-likeness (QED) is 0.834. The van der Waals surface area contributed by atoms with Crippen molar-refractivity contribution in [2.45, 2.75) is 6.92 Å². The summed E-state index contributed by atoms with van der Waals surface area (Å²) in [5.41, 5.74) is 2.27. The predicted octanol–water partition coefficient (Wildman–Crippen LogP) is 4.25. The van der Waals surface area contributed by atoms with Gasteiger partial charge in [-0.25, -0.2) is 0 Å². The van der Waals surface area contributed by atoms with Gasteiger partial charge in [0.2, 0.25) is 0 Å². The molecular formula is C15H16BrNO. The maximum absolute atomic E-state index is 5.75. The molecular weight excluding hydrogens is 290 g/mol. The zero-order valence-electron chi connectivity index (χ0n) is 10.3. The van der Waals surface area contributed by atoms with E-state index in [2.05, 4.69) is 21.2 Å². The van der Waals surface area contributed by atoms with Crippen LogP contribution >= 0.6 is 15.9 Å². The molecule has 0 amide bonds. The molecule has 2 aromatic rings. The first kappa shape index (κ1) is 13.0. The van der Waals surface area contributed by atoms with Crippen LogP contribution in [0, 0.1) is 6.92 Å². The highest BCUT2D eigenvalue weighted by Gasteiger charge is 2.00. The number of anilines is 1. The SMILES string of the molecule is Cc1ccc(Br)cc1OCCNc1ccccc1. The second kappa shape index (κ2) is 6.45. The van der Waals surface area contributed by atoms with Crippen molar-refractivity contribution in [3.63, 3.8) is 0 Å². The van der Waals surface area contributed by atoms with E-state index in [1.165, 1.54) is 0 Å². The van der Waals surface area contributed by atoms with Crippen LogP contribution in [0.2, 0.25) is 0 Å². The fourth-order valence-electron chi connectivity index (χ4n) is 1.64. The van der Waals surface area contributed by atoms with E-state index in [0.717, 1.165) is 28.0 Å². The lowest BCUT2D eigenvalue weighted by Gasteiger charge is -2.10. The predicted molar refractivity (Wildman–Crippen MR) is 79.3 cm³/mol. The second-order valence-corrected chi connectivity index (χ2v) is 4.97. The van der Waals surface area contributed by atoms with Gasteiger partial charge in [-0.15, -0.1) is 0 Å². The molecule has 2 rings (SSSR count). The highest BCUT2D eigenvalue weighted by atomic mass is 79.9. The van der Waals surface area contributed by atoms with Crippen LogP contribution in [0.1, 0.15) is 5.56 Å². The molecule has 2 aromatic carbocycles. The summed E-state index contributed by atoms with van der Waals surface area (Å²) in [7, 11) is 0. The van der Waals surface area contributed by atoms with Crippen LogP contribution in [0.5, 0.6) is 5.75 Å². The molecule has 18 heavy (non-hydrogen) atoms. The Labute approximate surface area is 116 Å². The summed E-state index contributed by atoms with van der Waals surface area (Å²) in [5.74, 6) is 0.930. The monoisotopic (exact) mass is 305 g/mol. The van der Waals surface area contributed by atoms with Gasteiger partial charge in [-0.1, -0.05) is 40.2 Å². The number of nitrogens with one attached hydrogen (secondary N) is 1. The first-order valence-electron chi connectivity index (χ1n) is 5.93. The van der Waals surface area contributed by atoms with Crippen molar-refractivity contribution < 1.29 is 4.74 Å². The van der Waals surface area contributed by atoms with Gasteiger partial charge >= 0.3 is 0 Å². The lowest BCUT2D eigenvalue weighted by molar-refractivity contribution is 0.330. The molecule has 0 radical (unpaired) electrons. The van der Waals surface area contributed by atoms with Gasteiger partial charge in [-0.3, -0.25) is 0 Å². The third kappa shape index (κ3) is 3.77. The molecule has 0 saturated heterocycles. The summed E-state index contributed by atoms with van der Waals surface area (Å²) in [6, 6.07) is 16.2. The fraction of sp³-hybridized carbons (Fsp3) is 0.200. The van der Waals surface area contributed by atoms with Crippen molar-refractivity contribution in [1.29, 1.82) is 0 Å². The van der Waals surface area contributed by atoms with E-state index >= 15 is 0 Å². The largest absolute Gasteiger partial charge is 0.491 e. The third-order valence-electron chi connectivity index (χ3n) is 2.61. The molecule has 0 unspecified atom stereocenters. The van der Waals surface area contributed by atoms with Gasteiger partial charge in [0.05, 0.1) is 0 Å². The Morgan fingerprint density at radius 3 is 2.67 bits per heavy atom. The number of hydrogen-bond donors (Lipinski definition) is 1. The number of para-hydroxylation sites is 1. The number of benzene rings is 2. The van der Waals surface area contributed by atoms with Crippen LogP contribution in [0.4, 0.5) is 5.69 Å². The van der Waals surface area contributed by atoms with Crippen LogP contribution in [-0.4, -0.2) is 13.2 Å². The number of ether oxygens (including phenoxy) is 1. The Kier molecular flexibility index (Phi) is 4.65. The highest BCUT2D eigenvalue weighted by molar-refractivity contribution is 9.10. The average molecular weight is 306 g/mol. The lowest BCUT2D eigenvalue weighted by atomic mass is 10.2. The number of rotatable bonds is 5. The van der Waals surface area contributed by atoms with E-state index < -0.39 is 0 Å². The minimum Gasteiger partial charge on any atom is -0.491 e. The van der Waals surface area contributed by atoms with Gasteiger partial charge in [0, 0.05) is 16.7 Å². The van der Waals surface area contributed by atoms with Crippen LogP contribution in [0.25, 0.3) is 0 Å². The number of hydrogen-bond acceptors (Lipinski definition) is 2. The number of aryl methyl sites for hydroxylation is 1. The summed E-state index contributed by atoms with van der Waals surface area (Å²) in [4.78, 5) is 0. The third-order valence-corrected chi connectivity index (χ3v) is 3.11. The highest BCUT2D eigenvalue weighted by Crippen LogP contribution is 2.22. The smallest absolute Gasteiger partial charge is 0.123 e. The molecule has 0 aromatic heterocycles. The Morgan fingerprint density at radius 2 is 1.89 bits per heavy atom. The fourth-order valence-corrected chi connectivity index (χ4v) is 1.98. The van der Waals surface area contributed by atoms with Gasteiger partial charge in [-0.05, 0) is 36.8 Å². The van der Waals surface area contributed by atoms with Crippen LogP contribution in [0.3, 0.4) is 0 Å². The molecule has 0 atom stereocenters. The second-order valence-electron chi connectivity index (χ2n) is 4.05. The lowest BCUT2D eigenvalue weighted by Crippen LogP contribution is -2.11. The summed E-state index contributed by atoms with van der Waals surface area (Å²) in [6.45, 7) is 3.48. The van der Waals surface area contributed by atoms with E-state index in [0.29, 0.717) is 6.61 Å². The summed E-state index contributed by atoms with van der Waals surface area (Å²) >= 11 is 3.45. The summed E-state index contributed by atoms with van der Waals surface area (Å²) in [6.07, 6.45) is 0. The van der Waals surface area contributed by atoms with E-state index in [-0.39, 0.29) is 0 Å². The van der Waals surface area contributed by atoms with Crippen molar-refractivity contribution in [1.82, 2.24) is 0 Å². The van der Waals surface area contributed by atoms with Crippen LogP contribution < -0.4 is 10.1 Å². The molecule has 1 N–H and O–H groups in total. The normalized spacial score (nSPS) is 10.1.